The number of aliphatic imine (C=N–C) groups is 1. The maximum atomic E-state index is 15.0. The average Bonchev–Trinajstić information content (AvgIpc) is 3.11. The highest BCUT2D eigenvalue weighted by Crippen LogP contribution is 2.48. The number of hydrogen-bond donors (Lipinski definition) is 1. The number of fused-ring (bicyclic) bond motifs is 1. The number of aryl methyl sites for hydroxylation is 1. The standard InChI is InChI=1S/C19H17F4N5O2S/c1-9-16(25-6-15(22)26-9)17(29)28(23)10-2-3-13(21)11(4-10)19-8-30-14(5-20)12(19)7-31-18(24)27-19/h2-4,6,12,14H,5,7-8H2,1H3,(H2,24,27)/t12-,14-,19-/m1/s1. The van der Waals surface area contributed by atoms with Crippen LogP contribution in [0.4, 0.5) is 23.3 Å². The summed E-state index contributed by atoms with van der Waals surface area (Å²) in [5.74, 6) is -3.03. The first-order chi connectivity index (χ1) is 14.8. The van der Waals surface area contributed by atoms with Gasteiger partial charge in [-0.2, -0.15) is 4.39 Å². The number of hydrogen-bond acceptors (Lipinski definition) is 7. The molecule has 1 saturated heterocycles. The number of benzene rings is 1. The minimum Gasteiger partial charge on any atom is -0.379 e. The van der Waals surface area contributed by atoms with Gasteiger partial charge >= 0.3 is 5.91 Å². The van der Waals surface area contributed by atoms with Crippen LogP contribution in [0.2, 0.25) is 0 Å². The van der Waals surface area contributed by atoms with Crippen LogP contribution in [0.1, 0.15) is 21.7 Å². The lowest BCUT2D eigenvalue weighted by Crippen LogP contribution is -2.42. The Hall–Kier alpha value is -2.73. The highest BCUT2D eigenvalue weighted by Gasteiger charge is 2.54. The van der Waals surface area contributed by atoms with Crippen LogP contribution in [0, 0.1) is 24.6 Å². The van der Waals surface area contributed by atoms with E-state index in [9.17, 15) is 22.4 Å². The van der Waals surface area contributed by atoms with E-state index < -0.39 is 47.6 Å². The van der Waals surface area contributed by atoms with Crippen LogP contribution >= 0.6 is 11.8 Å². The summed E-state index contributed by atoms with van der Waals surface area (Å²) in [6.07, 6.45) is -0.120. The molecule has 2 aliphatic rings. The second-order valence-corrected chi connectivity index (χ2v) is 8.21. The van der Waals surface area contributed by atoms with Crippen molar-refractivity contribution in [3.05, 3.63) is 53.1 Å². The van der Waals surface area contributed by atoms with E-state index in [1.54, 1.807) is 0 Å². The zero-order valence-corrected chi connectivity index (χ0v) is 17.0. The summed E-state index contributed by atoms with van der Waals surface area (Å²) in [7, 11) is 0. The quantitative estimate of drug-likeness (QED) is 0.563. The molecule has 0 spiro atoms. The number of aromatic nitrogens is 2. The Labute approximate surface area is 178 Å². The number of halogens is 4. The number of nitrogens with two attached hydrogens (primary N) is 1. The van der Waals surface area contributed by atoms with E-state index in [4.69, 9.17) is 10.5 Å². The van der Waals surface area contributed by atoms with Crippen LogP contribution in [0.15, 0.2) is 29.4 Å². The lowest BCUT2D eigenvalue weighted by atomic mass is 9.79. The van der Waals surface area contributed by atoms with Crippen molar-refractivity contribution in [3.63, 3.8) is 0 Å². The molecule has 12 heteroatoms. The van der Waals surface area contributed by atoms with Crippen molar-refractivity contribution >= 4 is 28.5 Å². The SMILES string of the molecule is Cc1nc(F)cnc1C(=O)N(F)c1ccc(F)c([C@]23CO[C@H](CF)[C@H]2CSC(N)=N3)c1. The second kappa shape index (κ2) is 8.08. The zero-order chi connectivity index (χ0) is 22.3. The Kier molecular flexibility index (Phi) is 5.60. The maximum absolute atomic E-state index is 15.0. The van der Waals surface area contributed by atoms with E-state index in [1.165, 1.54) is 18.7 Å². The number of amides is 1. The van der Waals surface area contributed by atoms with Crippen LogP contribution in [0.5, 0.6) is 0 Å². The predicted octanol–water partition coefficient (Wildman–Crippen LogP) is 2.84. The number of amidine groups is 1. The molecule has 0 aliphatic carbocycles. The molecule has 3 atom stereocenters. The van der Waals surface area contributed by atoms with E-state index in [0.717, 1.165) is 18.2 Å². The molecule has 3 heterocycles. The molecule has 164 valence electrons. The molecule has 2 N–H and O–H groups in total. The number of carbonyl (C=O) groups excluding carboxylic acids is 1. The van der Waals surface area contributed by atoms with Gasteiger partial charge in [0, 0.05) is 17.2 Å². The Morgan fingerprint density at radius 3 is 2.90 bits per heavy atom. The fraction of sp³-hybridized carbons (Fsp3) is 0.368. The first kappa shape index (κ1) is 21.5. The highest BCUT2D eigenvalue weighted by atomic mass is 32.2. The van der Waals surface area contributed by atoms with Crippen molar-refractivity contribution < 1.29 is 27.2 Å². The van der Waals surface area contributed by atoms with Crippen molar-refractivity contribution in [1.82, 2.24) is 9.97 Å². The molecule has 2 aromatic rings. The maximum Gasteiger partial charge on any atom is 0.306 e. The zero-order valence-electron chi connectivity index (χ0n) is 16.2. The predicted molar refractivity (Wildman–Crippen MR) is 106 cm³/mol. The highest BCUT2D eigenvalue weighted by molar-refractivity contribution is 8.13. The summed E-state index contributed by atoms with van der Waals surface area (Å²) in [5, 5.41) is -0.0640. The van der Waals surface area contributed by atoms with Crippen LogP contribution < -0.4 is 10.9 Å². The van der Waals surface area contributed by atoms with Gasteiger partial charge < -0.3 is 10.5 Å². The third-order valence-electron chi connectivity index (χ3n) is 5.39. The van der Waals surface area contributed by atoms with E-state index >= 15 is 0 Å². The number of nitrogens with zero attached hydrogens (tertiary/aromatic N) is 4. The summed E-state index contributed by atoms with van der Waals surface area (Å²) < 4.78 is 62.0. The molecule has 1 amide bonds. The van der Waals surface area contributed by atoms with Gasteiger partial charge in [0.15, 0.2) is 10.9 Å². The van der Waals surface area contributed by atoms with Crippen LogP contribution in [-0.4, -0.2) is 46.2 Å². The van der Waals surface area contributed by atoms with Gasteiger partial charge in [0.25, 0.3) is 0 Å². The molecule has 31 heavy (non-hydrogen) atoms. The van der Waals surface area contributed by atoms with Crippen molar-refractivity contribution in [2.24, 2.45) is 16.6 Å². The van der Waals surface area contributed by atoms with E-state index in [0.29, 0.717) is 11.9 Å². The summed E-state index contributed by atoms with van der Waals surface area (Å²) in [5.41, 5.74) is 3.63. The Balaban J connectivity index is 1.75. The van der Waals surface area contributed by atoms with E-state index in [1.807, 2.05) is 0 Å². The van der Waals surface area contributed by atoms with Gasteiger partial charge in [-0.05, 0) is 25.1 Å². The third-order valence-corrected chi connectivity index (χ3v) is 6.31. The Morgan fingerprint density at radius 2 is 2.19 bits per heavy atom. The molecule has 2 aliphatic heterocycles. The van der Waals surface area contributed by atoms with Gasteiger partial charge in [-0.25, -0.2) is 23.7 Å². The Bertz CT molecular complexity index is 1070. The van der Waals surface area contributed by atoms with Gasteiger partial charge in [-0.1, -0.05) is 16.2 Å². The monoisotopic (exact) mass is 455 g/mol. The van der Waals surface area contributed by atoms with Crippen LogP contribution in [0.3, 0.4) is 0 Å². The topological polar surface area (TPSA) is 93.7 Å². The lowest BCUT2D eigenvalue weighted by Gasteiger charge is -2.35. The summed E-state index contributed by atoms with van der Waals surface area (Å²) in [4.78, 5) is 23.9. The number of carbonyl (C=O) groups is 1. The first-order valence-electron chi connectivity index (χ1n) is 9.22. The summed E-state index contributed by atoms with van der Waals surface area (Å²) >= 11 is 1.20. The first-order valence-corrected chi connectivity index (χ1v) is 10.2. The smallest absolute Gasteiger partial charge is 0.306 e. The molecular formula is C19H17F4N5O2S. The number of ether oxygens (including phenoxy) is 1. The molecule has 0 bridgehead atoms. The van der Waals surface area contributed by atoms with Crippen molar-refractivity contribution in [1.29, 1.82) is 0 Å². The van der Waals surface area contributed by atoms with E-state index in [2.05, 4.69) is 15.0 Å². The minimum absolute atomic E-state index is 0.0634. The van der Waals surface area contributed by atoms with Crippen molar-refractivity contribution in [2.45, 2.75) is 18.6 Å². The molecule has 0 radical (unpaired) electrons. The molecule has 0 unspecified atom stereocenters. The largest absolute Gasteiger partial charge is 0.379 e. The van der Waals surface area contributed by atoms with Crippen molar-refractivity contribution in [2.75, 3.05) is 24.2 Å². The number of rotatable bonds is 4. The fourth-order valence-electron chi connectivity index (χ4n) is 3.86. The van der Waals surface area contributed by atoms with E-state index in [-0.39, 0.29) is 33.8 Å². The molecular weight excluding hydrogens is 438 g/mol. The number of anilines is 1. The average molecular weight is 455 g/mol. The Morgan fingerprint density at radius 1 is 1.42 bits per heavy atom. The van der Waals surface area contributed by atoms with Gasteiger partial charge in [0.2, 0.25) is 5.95 Å². The normalized spacial score (nSPS) is 25.1. The molecule has 4 rings (SSSR count). The molecule has 1 aromatic carbocycles. The minimum atomic E-state index is -1.35. The summed E-state index contributed by atoms with van der Waals surface area (Å²) in [6.45, 7) is 0.373. The fourth-order valence-corrected chi connectivity index (χ4v) is 4.93. The molecule has 1 fully saturated rings. The number of alkyl halides is 1. The number of thioether (sulfide) groups is 1. The van der Waals surface area contributed by atoms with Crippen LogP contribution in [-0.2, 0) is 10.3 Å². The van der Waals surface area contributed by atoms with Gasteiger partial charge in [0.05, 0.1) is 30.3 Å². The van der Waals surface area contributed by atoms with Crippen LogP contribution in [0.25, 0.3) is 0 Å². The third kappa shape index (κ3) is 3.63. The second-order valence-electron chi connectivity index (χ2n) is 7.17. The summed E-state index contributed by atoms with van der Waals surface area (Å²) in [6, 6.07) is 3.15. The van der Waals surface area contributed by atoms with Gasteiger partial charge in [-0.15, -0.1) is 5.12 Å². The molecule has 7 nitrogen and oxygen atoms in total. The molecule has 0 saturated carbocycles. The van der Waals surface area contributed by atoms with Crippen molar-refractivity contribution in [3.8, 4) is 0 Å². The molecule has 1 aromatic heterocycles. The van der Waals surface area contributed by atoms with Gasteiger partial charge in [-0.3, -0.25) is 4.79 Å². The lowest BCUT2D eigenvalue weighted by molar-refractivity contribution is 0.0721. The van der Waals surface area contributed by atoms with Gasteiger partial charge in [0.1, 0.15) is 18.0 Å².